The number of anilines is 1. The summed E-state index contributed by atoms with van der Waals surface area (Å²) in [5, 5.41) is 9.06. The van der Waals surface area contributed by atoms with Gasteiger partial charge in [-0.15, -0.1) is 0 Å². The van der Waals surface area contributed by atoms with Crippen molar-refractivity contribution in [2.75, 3.05) is 19.0 Å². The molecule has 1 atom stereocenters. The Kier molecular flexibility index (Phi) is 11.2. The maximum atomic E-state index is 12.1. The zero-order chi connectivity index (χ0) is 20.9. The molecule has 0 aliphatic rings. The Labute approximate surface area is 173 Å². The summed E-state index contributed by atoms with van der Waals surface area (Å²) in [5.74, 6) is -0.733. The maximum absolute atomic E-state index is 12.1. The molecule has 0 aliphatic carbocycles. The van der Waals surface area contributed by atoms with Crippen LogP contribution in [0.5, 0.6) is 0 Å². The number of benzene rings is 1. The summed E-state index contributed by atoms with van der Waals surface area (Å²) in [6.45, 7) is 6.22. The van der Waals surface area contributed by atoms with E-state index in [0.29, 0.717) is 11.5 Å². The second kappa shape index (κ2) is 13.1. The minimum atomic E-state index is -0.626. The van der Waals surface area contributed by atoms with Crippen LogP contribution in [-0.4, -0.2) is 36.7 Å². The third-order valence-electron chi connectivity index (χ3n) is 4.43. The molecule has 1 unspecified atom stereocenters. The molecular formula is C21H33N3O3S. The molecule has 0 bridgehead atoms. The topological polar surface area (TPSA) is 79.5 Å². The fourth-order valence-corrected chi connectivity index (χ4v) is 2.96. The summed E-state index contributed by atoms with van der Waals surface area (Å²) in [6, 6.07) is 5.63. The molecule has 6 nitrogen and oxygen atoms in total. The van der Waals surface area contributed by atoms with Crippen molar-refractivity contribution in [1.82, 2.24) is 10.6 Å². The number of carbonyl (C=O) groups excluding carboxylic acids is 2. The van der Waals surface area contributed by atoms with Crippen molar-refractivity contribution in [3.8, 4) is 0 Å². The first-order chi connectivity index (χ1) is 13.4. The van der Waals surface area contributed by atoms with Crippen LogP contribution in [0, 0.1) is 6.92 Å². The van der Waals surface area contributed by atoms with Gasteiger partial charge in [0.25, 0.3) is 0 Å². The van der Waals surface area contributed by atoms with E-state index >= 15 is 0 Å². The zero-order valence-electron chi connectivity index (χ0n) is 17.4. The minimum Gasteiger partial charge on any atom is -0.467 e. The summed E-state index contributed by atoms with van der Waals surface area (Å²) < 4.78 is 4.75. The fraction of sp³-hybridized carbons (Fsp3) is 0.571. The molecule has 0 aromatic heterocycles. The number of ether oxygens (including phenoxy) is 1. The van der Waals surface area contributed by atoms with Gasteiger partial charge in [0.15, 0.2) is 5.11 Å². The number of hydrogen-bond acceptors (Lipinski definition) is 4. The van der Waals surface area contributed by atoms with Gasteiger partial charge in [0.1, 0.15) is 6.04 Å². The maximum Gasteiger partial charge on any atom is 0.328 e. The third-order valence-corrected chi connectivity index (χ3v) is 4.68. The van der Waals surface area contributed by atoms with Crippen molar-refractivity contribution < 1.29 is 14.3 Å². The van der Waals surface area contributed by atoms with Gasteiger partial charge in [-0.05, 0) is 55.6 Å². The van der Waals surface area contributed by atoms with Crippen molar-refractivity contribution in [2.24, 2.45) is 0 Å². The van der Waals surface area contributed by atoms with E-state index in [4.69, 9.17) is 17.0 Å². The van der Waals surface area contributed by atoms with Gasteiger partial charge >= 0.3 is 5.97 Å². The van der Waals surface area contributed by atoms with Gasteiger partial charge in [-0.2, -0.15) is 0 Å². The zero-order valence-corrected chi connectivity index (χ0v) is 18.2. The third kappa shape index (κ3) is 8.69. The van der Waals surface area contributed by atoms with Crippen molar-refractivity contribution in [1.29, 1.82) is 0 Å². The molecule has 1 rings (SSSR count). The first-order valence-corrected chi connectivity index (χ1v) is 10.3. The first kappa shape index (κ1) is 23.9. The number of methoxy groups -OCH3 is 1. The van der Waals surface area contributed by atoms with E-state index in [2.05, 4.69) is 35.0 Å². The van der Waals surface area contributed by atoms with E-state index in [0.717, 1.165) is 30.5 Å². The molecule has 0 saturated carbocycles. The number of esters is 1. The lowest BCUT2D eigenvalue weighted by atomic mass is 10.0. The molecule has 0 aliphatic heterocycles. The largest absolute Gasteiger partial charge is 0.467 e. The number of unbranched alkanes of at least 4 members (excludes halogenated alkanes) is 2. The molecule has 0 radical (unpaired) electrons. The number of aryl methyl sites for hydroxylation is 2. The van der Waals surface area contributed by atoms with E-state index in [1.165, 1.54) is 25.5 Å². The van der Waals surface area contributed by atoms with Gasteiger partial charge in [-0.3, -0.25) is 4.79 Å². The smallest absolute Gasteiger partial charge is 0.328 e. The predicted octanol–water partition coefficient (Wildman–Crippen LogP) is 3.47. The molecule has 3 N–H and O–H groups in total. The van der Waals surface area contributed by atoms with Gasteiger partial charge in [0.2, 0.25) is 5.91 Å². The van der Waals surface area contributed by atoms with Crippen molar-refractivity contribution in [2.45, 2.75) is 65.3 Å². The quantitative estimate of drug-likeness (QED) is 0.385. The van der Waals surface area contributed by atoms with Crippen LogP contribution in [0.1, 0.15) is 57.1 Å². The van der Waals surface area contributed by atoms with Gasteiger partial charge in [0.05, 0.1) is 13.7 Å². The Balaban J connectivity index is 2.50. The van der Waals surface area contributed by atoms with Crippen LogP contribution >= 0.6 is 12.2 Å². The summed E-state index contributed by atoms with van der Waals surface area (Å²) >= 11 is 5.28. The average Bonchev–Trinajstić information content (AvgIpc) is 2.69. The SMILES string of the molecule is CCCCc1ccc(NC(=S)NCC(=O)NC(CCCC)C(=O)OC)c(C)c1. The molecule has 0 fully saturated rings. The summed E-state index contributed by atoms with van der Waals surface area (Å²) in [5.41, 5.74) is 3.32. The molecule has 0 saturated heterocycles. The van der Waals surface area contributed by atoms with Crippen molar-refractivity contribution in [3.05, 3.63) is 29.3 Å². The van der Waals surface area contributed by atoms with Gasteiger partial charge < -0.3 is 20.7 Å². The number of amides is 1. The molecule has 156 valence electrons. The number of nitrogens with one attached hydrogen (secondary N) is 3. The van der Waals surface area contributed by atoms with Crippen LogP contribution in [0.3, 0.4) is 0 Å². The van der Waals surface area contributed by atoms with Crippen molar-refractivity contribution >= 4 is 34.9 Å². The Morgan fingerprint density at radius 1 is 1.18 bits per heavy atom. The van der Waals surface area contributed by atoms with Crippen LogP contribution in [0.25, 0.3) is 0 Å². The number of thiocarbonyl (C=S) groups is 1. The minimum absolute atomic E-state index is 0.0148. The Morgan fingerprint density at radius 3 is 2.50 bits per heavy atom. The molecular weight excluding hydrogens is 374 g/mol. The fourth-order valence-electron chi connectivity index (χ4n) is 2.77. The Hall–Kier alpha value is -2.15. The highest BCUT2D eigenvalue weighted by atomic mass is 32.1. The van der Waals surface area contributed by atoms with E-state index in [1.807, 2.05) is 19.9 Å². The second-order valence-corrected chi connectivity index (χ2v) is 7.25. The van der Waals surface area contributed by atoms with Crippen LogP contribution in [0.2, 0.25) is 0 Å². The van der Waals surface area contributed by atoms with Crippen LogP contribution in [-0.2, 0) is 20.7 Å². The molecule has 28 heavy (non-hydrogen) atoms. The standard InChI is InChI=1S/C21H33N3O3S/c1-5-7-9-16-11-12-17(15(3)13-16)24-21(28)22-14-19(25)23-18(10-8-6-2)20(26)27-4/h11-13,18H,5-10,14H2,1-4H3,(H,23,25)(H2,22,24,28). The highest BCUT2D eigenvalue weighted by Crippen LogP contribution is 2.17. The highest BCUT2D eigenvalue weighted by Gasteiger charge is 2.20. The monoisotopic (exact) mass is 407 g/mol. The van der Waals surface area contributed by atoms with Crippen LogP contribution in [0.15, 0.2) is 18.2 Å². The number of hydrogen-bond donors (Lipinski definition) is 3. The van der Waals surface area contributed by atoms with E-state index < -0.39 is 12.0 Å². The normalized spacial score (nSPS) is 11.4. The Bertz CT molecular complexity index is 664. The van der Waals surface area contributed by atoms with Crippen LogP contribution in [0.4, 0.5) is 5.69 Å². The lowest BCUT2D eigenvalue weighted by molar-refractivity contribution is -0.145. The second-order valence-electron chi connectivity index (χ2n) is 6.85. The molecule has 1 aromatic carbocycles. The summed E-state index contributed by atoms with van der Waals surface area (Å²) in [6.07, 6.45) is 5.74. The Morgan fingerprint density at radius 2 is 1.89 bits per heavy atom. The van der Waals surface area contributed by atoms with E-state index in [1.54, 1.807) is 0 Å². The molecule has 0 heterocycles. The first-order valence-electron chi connectivity index (χ1n) is 9.92. The molecule has 7 heteroatoms. The average molecular weight is 408 g/mol. The lowest BCUT2D eigenvalue weighted by Crippen LogP contribution is -2.46. The van der Waals surface area contributed by atoms with E-state index in [9.17, 15) is 9.59 Å². The van der Waals surface area contributed by atoms with Crippen molar-refractivity contribution in [3.63, 3.8) is 0 Å². The summed E-state index contributed by atoms with van der Waals surface area (Å²) in [7, 11) is 1.32. The molecule has 1 amide bonds. The van der Waals surface area contributed by atoms with Gasteiger partial charge in [-0.25, -0.2) is 4.79 Å². The number of carbonyl (C=O) groups is 2. The van der Waals surface area contributed by atoms with Crippen LogP contribution < -0.4 is 16.0 Å². The van der Waals surface area contributed by atoms with Gasteiger partial charge in [0, 0.05) is 5.69 Å². The predicted molar refractivity (Wildman–Crippen MR) is 117 cm³/mol. The number of rotatable bonds is 11. The molecule has 0 spiro atoms. The van der Waals surface area contributed by atoms with E-state index in [-0.39, 0.29) is 12.5 Å². The lowest BCUT2D eigenvalue weighted by Gasteiger charge is -2.17. The highest BCUT2D eigenvalue weighted by molar-refractivity contribution is 7.80. The van der Waals surface area contributed by atoms with Gasteiger partial charge in [-0.1, -0.05) is 45.2 Å². The molecule has 1 aromatic rings. The summed E-state index contributed by atoms with van der Waals surface area (Å²) in [4.78, 5) is 23.9.